The molecule has 13 heteroatoms. The second-order valence-corrected chi connectivity index (χ2v) is 12.7. The fraction of sp³-hybridized carbons (Fsp3) is 0.389. The zero-order chi connectivity index (χ0) is 33.5. The number of carbonyl (C=O) groups excluding carboxylic acids is 3. The number of tetrazole rings is 1. The maximum atomic E-state index is 13.7. The number of morpholine rings is 1. The van der Waals surface area contributed by atoms with Crippen molar-refractivity contribution < 1.29 is 19.1 Å². The molecule has 1 aliphatic carbocycles. The molecule has 0 unspecified atom stereocenters. The van der Waals surface area contributed by atoms with Gasteiger partial charge < -0.3 is 26.0 Å². The van der Waals surface area contributed by atoms with Gasteiger partial charge in [-0.25, -0.2) is 0 Å². The van der Waals surface area contributed by atoms with Crippen LogP contribution in [0.25, 0.3) is 22.5 Å². The molecule has 2 aliphatic rings. The van der Waals surface area contributed by atoms with Crippen LogP contribution in [0.5, 0.6) is 0 Å². The highest BCUT2D eigenvalue weighted by Gasteiger charge is 2.29. The number of aromatic amines is 1. The molecule has 12 nitrogen and oxygen atoms in total. The summed E-state index contributed by atoms with van der Waals surface area (Å²) in [5.41, 5.74) is 11.8. The zero-order valence-electron chi connectivity index (χ0n) is 27.6. The Hall–Kier alpha value is -4.65. The van der Waals surface area contributed by atoms with Crippen molar-refractivity contribution in [2.75, 3.05) is 38.2 Å². The number of anilines is 1. The largest absolute Gasteiger partial charge is 0.378 e. The van der Waals surface area contributed by atoms with Crippen LogP contribution in [0.4, 0.5) is 5.69 Å². The highest BCUT2D eigenvalue weighted by Crippen LogP contribution is 2.29. The number of H-pyrrole nitrogens is 1. The molecule has 1 aliphatic heterocycles. The van der Waals surface area contributed by atoms with Crippen molar-refractivity contribution in [1.29, 1.82) is 0 Å². The van der Waals surface area contributed by atoms with Gasteiger partial charge in [0, 0.05) is 42.2 Å². The van der Waals surface area contributed by atoms with Gasteiger partial charge in [-0.2, -0.15) is 5.21 Å². The molecular formula is C36H43ClN8O4. The van der Waals surface area contributed by atoms with Crippen LogP contribution in [0.2, 0.25) is 0 Å². The first kappa shape index (κ1) is 35.7. The van der Waals surface area contributed by atoms with Gasteiger partial charge >= 0.3 is 0 Å². The molecule has 49 heavy (non-hydrogen) atoms. The first-order valence-corrected chi connectivity index (χ1v) is 16.6. The third-order valence-electron chi connectivity index (χ3n) is 9.43. The lowest BCUT2D eigenvalue weighted by molar-refractivity contribution is -0.130. The Bertz CT molecular complexity index is 1700. The molecule has 0 bridgehead atoms. The molecule has 258 valence electrons. The number of aryl methyl sites for hydroxylation is 1. The molecule has 1 aromatic heterocycles. The minimum atomic E-state index is -0.788. The van der Waals surface area contributed by atoms with E-state index in [9.17, 15) is 14.4 Å². The fourth-order valence-corrected chi connectivity index (χ4v) is 6.45. The van der Waals surface area contributed by atoms with E-state index in [-0.39, 0.29) is 36.0 Å². The molecule has 6 rings (SSSR count). The van der Waals surface area contributed by atoms with Gasteiger partial charge in [0.25, 0.3) is 5.91 Å². The topological polar surface area (TPSA) is 168 Å². The van der Waals surface area contributed by atoms with E-state index >= 15 is 0 Å². The number of aromatic nitrogens is 4. The summed E-state index contributed by atoms with van der Waals surface area (Å²) < 4.78 is 5.40. The Balaban J connectivity index is 0.00000468. The predicted octanol–water partition coefficient (Wildman–Crippen LogP) is 4.17. The summed E-state index contributed by atoms with van der Waals surface area (Å²) >= 11 is 0. The molecule has 4 aromatic rings. The highest BCUT2D eigenvalue weighted by molar-refractivity contribution is 5.98. The third kappa shape index (κ3) is 8.88. The summed E-state index contributed by atoms with van der Waals surface area (Å²) in [6, 6.07) is 20.1. The number of ether oxygens (including phenoxy) is 1. The summed E-state index contributed by atoms with van der Waals surface area (Å²) in [6.07, 6.45) is 3.67. The van der Waals surface area contributed by atoms with E-state index < -0.39 is 6.04 Å². The molecule has 1 saturated heterocycles. The molecule has 3 aromatic carbocycles. The van der Waals surface area contributed by atoms with Crippen LogP contribution in [0.3, 0.4) is 0 Å². The van der Waals surface area contributed by atoms with Gasteiger partial charge in [-0.1, -0.05) is 30.3 Å². The average molecular weight is 687 g/mol. The number of nitrogens with two attached hydrogens (primary N) is 1. The minimum Gasteiger partial charge on any atom is -0.378 e. The number of halogens is 1. The molecule has 3 amide bonds. The van der Waals surface area contributed by atoms with Crippen molar-refractivity contribution in [1.82, 2.24) is 30.8 Å². The molecule has 1 saturated carbocycles. The maximum absolute atomic E-state index is 13.7. The lowest BCUT2D eigenvalue weighted by atomic mass is 9.81. The van der Waals surface area contributed by atoms with Crippen molar-refractivity contribution in [2.45, 2.75) is 45.1 Å². The van der Waals surface area contributed by atoms with Gasteiger partial charge in [0.1, 0.15) is 6.04 Å². The zero-order valence-corrected chi connectivity index (χ0v) is 28.4. The number of benzene rings is 3. The Kier molecular flexibility index (Phi) is 12.1. The number of amides is 3. The summed E-state index contributed by atoms with van der Waals surface area (Å²) in [5.74, 6) is 0.352. The summed E-state index contributed by atoms with van der Waals surface area (Å²) in [6.45, 7) is 4.93. The van der Waals surface area contributed by atoms with Gasteiger partial charge in [-0.05, 0) is 109 Å². The van der Waals surface area contributed by atoms with Gasteiger partial charge in [0.05, 0.1) is 13.2 Å². The second kappa shape index (κ2) is 16.6. The Morgan fingerprint density at radius 2 is 1.65 bits per heavy atom. The van der Waals surface area contributed by atoms with Gasteiger partial charge in [-0.15, -0.1) is 22.6 Å². The van der Waals surface area contributed by atoms with Gasteiger partial charge in [0.2, 0.25) is 17.6 Å². The van der Waals surface area contributed by atoms with Crippen LogP contribution < -0.4 is 16.4 Å². The van der Waals surface area contributed by atoms with Crippen LogP contribution in [0.15, 0.2) is 66.7 Å². The van der Waals surface area contributed by atoms with E-state index in [0.717, 1.165) is 53.5 Å². The van der Waals surface area contributed by atoms with Crippen LogP contribution in [0.1, 0.15) is 47.2 Å². The minimum absolute atomic E-state index is 0. The highest BCUT2D eigenvalue weighted by atomic mass is 35.5. The maximum Gasteiger partial charge on any atom is 0.254 e. The molecular weight excluding hydrogens is 644 g/mol. The van der Waals surface area contributed by atoms with Crippen molar-refractivity contribution >= 4 is 35.8 Å². The summed E-state index contributed by atoms with van der Waals surface area (Å²) in [7, 11) is 0. The molecule has 2 fully saturated rings. The Labute approximate surface area is 292 Å². The van der Waals surface area contributed by atoms with Crippen LogP contribution in [0, 0.1) is 18.8 Å². The van der Waals surface area contributed by atoms with Crippen LogP contribution >= 0.6 is 12.4 Å². The van der Waals surface area contributed by atoms with E-state index in [2.05, 4.69) is 31.3 Å². The monoisotopic (exact) mass is 686 g/mol. The third-order valence-corrected chi connectivity index (χ3v) is 9.43. The Morgan fingerprint density at radius 1 is 0.959 bits per heavy atom. The van der Waals surface area contributed by atoms with E-state index in [0.29, 0.717) is 62.3 Å². The number of hydrogen-bond donors (Lipinski definition) is 4. The molecule has 1 atom stereocenters. The summed E-state index contributed by atoms with van der Waals surface area (Å²) in [4.78, 5) is 42.1. The second-order valence-electron chi connectivity index (χ2n) is 12.7. The smallest absolute Gasteiger partial charge is 0.254 e. The van der Waals surface area contributed by atoms with E-state index in [1.807, 2.05) is 54.3 Å². The molecule has 5 N–H and O–H groups in total. The molecule has 2 heterocycles. The fourth-order valence-electron chi connectivity index (χ4n) is 6.45. The average Bonchev–Trinajstić information content (AvgIpc) is 3.68. The molecule has 0 spiro atoms. The van der Waals surface area contributed by atoms with E-state index in [4.69, 9.17) is 10.5 Å². The molecule has 0 radical (unpaired) electrons. The lowest BCUT2D eigenvalue weighted by Gasteiger charge is -2.28. The van der Waals surface area contributed by atoms with Crippen molar-refractivity contribution in [3.8, 4) is 22.5 Å². The first-order valence-electron chi connectivity index (χ1n) is 16.6. The van der Waals surface area contributed by atoms with Crippen molar-refractivity contribution in [2.24, 2.45) is 17.6 Å². The Morgan fingerprint density at radius 3 is 2.31 bits per heavy atom. The van der Waals surface area contributed by atoms with E-state index in [1.165, 1.54) is 0 Å². The number of rotatable bonds is 10. The SMILES string of the molecule is Cc1ccc(C(=O)N2CCOCC2)cc1-c1ccc(C[C@H](NC(=O)C2CCC(CN)CC2)C(=O)Nc2ccc(-c3nn[nH]n3)cc2)cc1.Cl. The standard InChI is InChI=1S/C36H42N8O4.ClH/c1-23-2-7-29(36(47)44-16-18-48-19-17-44)21-31(23)26-8-3-24(4-9-26)20-32(39-34(45)28-10-5-25(22-37)6-11-28)35(46)38-30-14-12-27(13-15-30)33-40-42-43-41-33;/h2-4,7-9,12-15,21,25,28,32H,5-6,10-11,16-20,22,37H2,1H3,(H,38,46)(H,39,45)(H,40,41,42,43);1H/t25?,28?,32-;/m0./s1. The normalized spacial score (nSPS) is 18.2. The predicted molar refractivity (Wildman–Crippen MR) is 189 cm³/mol. The summed E-state index contributed by atoms with van der Waals surface area (Å²) in [5, 5.41) is 20.0. The van der Waals surface area contributed by atoms with Crippen LogP contribution in [-0.2, 0) is 20.7 Å². The van der Waals surface area contributed by atoms with Crippen molar-refractivity contribution in [3.05, 3.63) is 83.4 Å². The van der Waals surface area contributed by atoms with Gasteiger partial charge in [-0.3, -0.25) is 14.4 Å². The number of nitrogens with zero attached hydrogens (tertiary/aromatic N) is 4. The lowest BCUT2D eigenvalue weighted by Crippen LogP contribution is -2.48. The van der Waals surface area contributed by atoms with Gasteiger partial charge in [0.15, 0.2) is 0 Å². The van der Waals surface area contributed by atoms with E-state index in [1.54, 1.807) is 24.3 Å². The van der Waals surface area contributed by atoms with Crippen molar-refractivity contribution in [3.63, 3.8) is 0 Å². The first-order chi connectivity index (χ1) is 23.4. The number of hydrogen-bond acceptors (Lipinski definition) is 8. The van der Waals surface area contributed by atoms with Crippen LogP contribution in [-0.4, -0.2) is 82.1 Å². The number of carbonyl (C=O) groups is 3. The number of nitrogens with one attached hydrogen (secondary N) is 3. The quantitative estimate of drug-likeness (QED) is 0.193.